The fourth-order valence-electron chi connectivity index (χ4n) is 4.42. The summed E-state index contributed by atoms with van der Waals surface area (Å²) in [4.78, 5) is 0. The Hall–Kier alpha value is -1.64. The molecule has 2 heteroatoms. The SMILES string of the molecule is OC1[C@H]2CCC[C@@H]1[C@@H](c1ccccc1)N[C@@H]2c1ccccc1. The van der Waals surface area contributed by atoms with Crippen molar-refractivity contribution in [3.05, 3.63) is 71.8 Å². The van der Waals surface area contributed by atoms with E-state index in [4.69, 9.17) is 0 Å². The molecule has 1 aliphatic heterocycles. The van der Waals surface area contributed by atoms with Crippen molar-refractivity contribution in [2.75, 3.05) is 0 Å². The highest BCUT2D eigenvalue weighted by molar-refractivity contribution is 5.27. The van der Waals surface area contributed by atoms with Crippen LogP contribution in [0.3, 0.4) is 0 Å². The first-order valence-corrected chi connectivity index (χ1v) is 8.38. The second kappa shape index (κ2) is 5.86. The molecule has 0 spiro atoms. The highest BCUT2D eigenvalue weighted by Crippen LogP contribution is 2.47. The van der Waals surface area contributed by atoms with E-state index < -0.39 is 0 Å². The van der Waals surface area contributed by atoms with Crippen molar-refractivity contribution in [1.29, 1.82) is 0 Å². The van der Waals surface area contributed by atoms with Gasteiger partial charge in [0.1, 0.15) is 0 Å². The summed E-state index contributed by atoms with van der Waals surface area (Å²) in [5, 5.41) is 14.8. The van der Waals surface area contributed by atoms with E-state index in [0.29, 0.717) is 11.8 Å². The minimum absolute atomic E-state index is 0.203. The lowest BCUT2D eigenvalue weighted by Crippen LogP contribution is -2.52. The van der Waals surface area contributed by atoms with Crippen LogP contribution in [0.1, 0.15) is 42.5 Å². The predicted molar refractivity (Wildman–Crippen MR) is 88.3 cm³/mol. The Labute approximate surface area is 132 Å². The first-order chi connectivity index (χ1) is 10.8. The maximum Gasteiger partial charge on any atom is 0.0632 e. The van der Waals surface area contributed by atoms with Gasteiger partial charge in [-0.05, 0) is 24.0 Å². The highest BCUT2D eigenvalue weighted by atomic mass is 16.3. The zero-order valence-electron chi connectivity index (χ0n) is 12.7. The summed E-state index contributed by atoms with van der Waals surface area (Å²) in [5.41, 5.74) is 2.60. The van der Waals surface area contributed by atoms with Crippen LogP contribution in [-0.4, -0.2) is 11.2 Å². The van der Waals surface area contributed by atoms with Gasteiger partial charge in [0.05, 0.1) is 6.10 Å². The molecule has 114 valence electrons. The van der Waals surface area contributed by atoms with Gasteiger partial charge in [-0.3, -0.25) is 0 Å². The van der Waals surface area contributed by atoms with Crippen LogP contribution < -0.4 is 5.32 Å². The summed E-state index contributed by atoms with van der Waals surface area (Å²) in [6, 6.07) is 21.7. The average molecular weight is 293 g/mol. The molecule has 0 amide bonds. The van der Waals surface area contributed by atoms with Crippen LogP contribution in [0.25, 0.3) is 0 Å². The monoisotopic (exact) mass is 293 g/mol. The van der Waals surface area contributed by atoms with Crippen molar-refractivity contribution >= 4 is 0 Å². The Morgan fingerprint density at radius 2 is 1.18 bits per heavy atom. The normalized spacial score (nSPS) is 34.3. The molecule has 1 heterocycles. The summed E-state index contributed by atoms with van der Waals surface area (Å²) in [7, 11) is 0. The van der Waals surface area contributed by atoms with E-state index in [1.54, 1.807) is 0 Å². The van der Waals surface area contributed by atoms with Gasteiger partial charge in [0, 0.05) is 23.9 Å². The second-order valence-corrected chi connectivity index (χ2v) is 6.69. The van der Waals surface area contributed by atoms with Crippen LogP contribution in [0.2, 0.25) is 0 Å². The summed E-state index contributed by atoms with van der Waals surface area (Å²) >= 11 is 0. The number of nitrogens with one attached hydrogen (secondary N) is 1. The maximum atomic E-state index is 10.9. The number of aliphatic hydroxyl groups is 1. The zero-order valence-corrected chi connectivity index (χ0v) is 12.7. The van der Waals surface area contributed by atoms with E-state index in [1.165, 1.54) is 17.5 Å². The van der Waals surface area contributed by atoms with Gasteiger partial charge in [0.15, 0.2) is 0 Å². The molecular formula is C20H23NO. The van der Waals surface area contributed by atoms with Crippen LogP contribution in [-0.2, 0) is 0 Å². The van der Waals surface area contributed by atoms with Crippen LogP contribution in [0.5, 0.6) is 0 Å². The van der Waals surface area contributed by atoms with E-state index >= 15 is 0 Å². The molecule has 2 N–H and O–H groups in total. The quantitative estimate of drug-likeness (QED) is 0.881. The third-order valence-electron chi connectivity index (χ3n) is 5.49. The van der Waals surface area contributed by atoms with Crippen molar-refractivity contribution in [2.45, 2.75) is 37.5 Å². The molecule has 2 bridgehead atoms. The molecule has 2 aromatic carbocycles. The van der Waals surface area contributed by atoms with Crippen LogP contribution >= 0.6 is 0 Å². The molecule has 2 aromatic rings. The minimum atomic E-state index is -0.203. The smallest absolute Gasteiger partial charge is 0.0632 e. The molecule has 0 aromatic heterocycles. The Morgan fingerprint density at radius 3 is 1.64 bits per heavy atom. The molecule has 1 unspecified atom stereocenters. The topological polar surface area (TPSA) is 32.3 Å². The summed E-state index contributed by atoms with van der Waals surface area (Å²) in [6.07, 6.45) is 3.25. The van der Waals surface area contributed by atoms with E-state index in [1.807, 2.05) is 0 Å². The second-order valence-electron chi connectivity index (χ2n) is 6.69. The fourth-order valence-corrected chi connectivity index (χ4v) is 4.42. The van der Waals surface area contributed by atoms with Crippen LogP contribution in [0, 0.1) is 11.8 Å². The third kappa shape index (κ3) is 2.37. The van der Waals surface area contributed by atoms with Gasteiger partial charge < -0.3 is 10.4 Å². The largest absolute Gasteiger partial charge is 0.392 e. The zero-order chi connectivity index (χ0) is 14.9. The first-order valence-electron chi connectivity index (χ1n) is 8.38. The first kappa shape index (κ1) is 14.0. The van der Waals surface area contributed by atoms with Crippen molar-refractivity contribution in [1.82, 2.24) is 5.32 Å². The van der Waals surface area contributed by atoms with E-state index in [2.05, 4.69) is 66.0 Å². The van der Waals surface area contributed by atoms with E-state index in [-0.39, 0.29) is 18.2 Å². The molecule has 1 aliphatic carbocycles. The van der Waals surface area contributed by atoms with Gasteiger partial charge in [-0.15, -0.1) is 0 Å². The molecule has 22 heavy (non-hydrogen) atoms. The molecule has 4 rings (SSSR count). The molecule has 2 aliphatic rings. The summed E-state index contributed by atoms with van der Waals surface area (Å²) < 4.78 is 0. The number of hydrogen-bond donors (Lipinski definition) is 2. The van der Waals surface area contributed by atoms with Gasteiger partial charge in [0.2, 0.25) is 0 Å². The molecule has 2 nitrogen and oxygen atoms in total. The Balaban J connectivity index is 1.71. The molecule has 1 saturated heterocycles. The van der Waals surface area contributed by atoms with Crippen molar-refractivity contribution < 1.29 is 5.11 Å². The van der Waals surface area contributed by atoms with Gasteiger partial charge in [-0.25, -0.2) is 0 Å². The Morgan fingerprint density at radius 1 is 0.727 bits per heavy atom. The number of benzene rings is 2. The lowest BCUT2D eigenvalue weighted by molar-refractivity contribution is -0.0517. The molecule has 5 atom stereocenters. The number of rotatable bonds is 2. The summed E-state index contributed by atoms with van der Waals surface area (Å²) in [6.45, 7) is 0. The Kier molecular flexibility index (Phi) is 3.73. The van der Waals surface area contributed by atoms with Crippen LogP contribution in [0.4, 0.5) is 0 Å². The van der Waals surface area contributed by atoms with Crippen molar-refractivity contribution in [2.24, 2.45) is 11.8 Å². The number of aliphatic hydroxyl groups excluding tert-OH is 1. The van der Waals surface area contributed by atoms with E-state index in [0.717, 1.165) is 12.8 Å². The van der Waals surface area contributed by atoms with Crippen molar-refractivity contribution in [3.63, 3.8) is 0 Å². The Bertz CT molecular complexity index is 559. The number of hydrogen-bond acceptors (Lipinski definition) is 2. The molecule has 0 radical (unpaired) electrons. The molecular weight excluding hydrogens is 270 g/mol. The molecule has 2 fully saturated rings. The maximum absolute atomic E-state index is 10.9. The van der Waals surface area contributed by atoms with Crippen molar-refractivity contribution in [3.8, 4) is 0 Å². The van der Waals surface area contributed by atoms with Gasteiger partial charge >= 0.3 is 0 Å². The predicted octanol–water partition coefficient (Wildman–Crippen LogP) is 3.85. The fraction of sp³-hybridized carbons (Fsp3) is 0.400. The lowest BCUT2D eigenvalue weighted by Gasteiger charge is -2.50. The lowest BCUT2D eigenvalue weighted by atomic mass is 9.66. The van der Waals surface area contributed by atoms with Gasteiger partial charge in [-0.1, -0.05) is 67.1 Å². The highest BCUT2D eigenvalue weighted by Gasteiger charge is 2.46. The minimum Gasteiger partial charge on any atom is -0.392 e. The summed E-state index contributed by atoms with van der Waals surface area (Å²) in [5.74, 6) is 0.669. The number of piperidine rings is 1. The number of fused-ring (bicyclic) bond motifs is 2. The van der Waals surface area contributed by atoms with E-state index in [9.17, 15) is 5.11 Å². The van der Waals surface area contributed by atoms with Gasteiger partial charge in [0.25, 0.3) is 0 Å². The average Bonchev–Trinajstić information content (AvgIpc) is 2.57. The van der Waals surface area contributed by atoms with Gasteiger partial charge in [-0.2, -0.15) is 0 Å². The van der Waals surface area contributed by atoms with Crippen LogP contribution in [0.15, 0.2) is 60.7 Å². The standard InChI is InChI=1S/C20H23NO/c22-20-16-12-7-13-17(20)19(15-10-5-2-6-11-15)21-18(16)14-8-3-1-4-9-14/h1-6,8-11,16-22H,7,12-13H2/t16-,17+,18-,19-,20?/m1/s1. The molecule has 1 saturated carbocycles. The third-order valence-corrected chi connectivity index (χ3v) is 5.49.